The summed E-state index contributed by atoms with van der Waals surface area (Å²) in [5.41, 5.74) is 0.173. The Morgan fingerprint density at radius 2 is 1.40 bits per heavy atom. The largest absolute Gasteiger partial charge is 0.378 e. The highest BCUT2D eigenvalue weighted by Gasteiger charge is 2.06. The quantitative estimate of drug-likeness (QED) is 0.557. The van der Waals surface area contributed by atoms with Gasteiger partial charge in [0.15, 0.2) is 0 Å². The van der Waals surface area contributed by atoms with Crippen molar-refractivity contribution in [2.24, 2.45) is 0 Å². The smallest absolute Gasteiger partial charge is 0.0701 e. The number of likely N-dealkylation sites (N-methyl/N-ethyl adjacent to an activating group) is 1. The van der Waals surface area contributed by atoms with Crippen molar-refractivity contribution in [1.29, 1.82) is 0 Å². The number of ether oxygens (including phenoxy) is 2. The Labute approximate surface area is 93.7 Å². The van der Waals surface area contributed by atoms with E-state index in [0.717, 1.165) is 26.3 Å². The van der Waals surface area contributed by atoms with Gasteiger partial charge in [0.05, 0.1) is 26.4 Å². The topological polar surface area (TPSA) is 42.5 Å². The lowest BCUT2D eigenvalue weighted by molar-refractivity contribution is 0.0489. The van der Waals surface area contributed by atoms with E-state index in [1.807, 2.05) is 7.05 Å². The van der Waals surface area contributed by atoms with Gasteiger partial charge < -0.3 is 20.1 Å². The molecule has 0 amide bonds. The Morgan fingerprint density at radius 3 is 1.87 bits per heavy atom. The monoisotopic (exact) mass is 218 g/mol. The highest BCUT2D eigenvalue weighted by molar-refractivity contribution is 4.69. The molecule has 0 aromatic heterocycles. The minimum atomic E-state index is 0.173. The van der Waals surface area contributed by atoms with Crippen LogP contribution in [-0.2, 0) is 9.47 Å². The third kappa shape index (κ3) is 13.8. The Bertz CT molecular complexity index is 135. The van der Waals surface area contributed by atoms with Gasteiger partial charge in [0.2, 0.25) is 0 Å². The first kappa shape index (κ1) is 14.8. The minimum Gasteiger partial charge on any atom is -0.378 e. The summed E-state index contributed by atoms with van der Waals surface area (Å²) in [6.45, 7) is 11.1. The maximum absolute atomic E-state index is 5.40. The van der Waals surface area contributed by atoms with Crippen molar-refractivity contribution in [2.75, 3.05) is 46.6 Å². The summed E-state index contributed by atoms with van der Waals surface area (Å²) in [5.74, 6) is 0. The van der Waals surface area contributed by atoms with E-state index < -0.39 is 0 Å². The summed E-state index contributed by atoms with van der Waals surface area (Å²) in [5, 5.41) is 6.38. The predicted molar refractivity (Wildman–Crippen MR) is 63.3 cm³/mol. The van der Waals surface area contributed by atoms with Crippen LogP contribution in [0.15, 0.2) is 0 Å². The zero-order valence-electron chi connectivity index (χ0n) is 10.6. The van der Waals surface area contributed by atoms with Gasteiger partial charge in [-0.3, -0.25) is 0 Å². The predicted octanol–water partition coefficient (Wildman–Crippen LogP) is 0.627. The van der Waals surface area contributed by atoms with Crippen molar-refractivity contribution in [2.45, 2.75) is 26.3 Å². The van der Waals surface area contributed by atoms with Crippen molar-refractivity contribution in [3.63, 3.8) is 0 Å². The Hall–Kier alpha value is -0.160. The average Bonchev–Trinajstić information content (AvgIpc) is 2.14. The molecule has 0 radical (unpaired) electrons. The molecule has 0 bridgehead atoms. The van der Waals surface area contributed by atoms with E-state index in [4.69, 9.17) is 9.47 Å². The zero-order chi connectivity index (χ0) is 11.6. The summed E-state index contributed by atoms with van der Waals surface area (Å²) in [6.07, 6.45) is 0. The second-order valence-corrected chi connectivity index (χ2v) is 4.51. The van der Waals surface area contributed by atoms with Gasteiger partial charge >= 0.3 is 0 Å². The molecule has 0 spiro atoms. The van der Waals surface area contributed by atoms with Crippen molar-refractivity contribution < 1.29 is 9.47 Å². The van der Waals surface area contributed by atoms with Gasteiger partial charge in [-0.2, -0.15) is 0 Å². The summed E-state index contributed by atoms with van der Waals surface area (Å²) in [6, 6.07) is 0. The Kier molecular flexibility index (Phi) is 9.00. The van der Waals surface area contributed by atoms with E-state index in [0.29, 0.717) is 13.2 Å². The number of nitrogens with one attached hydrogen (secondary N) is 2. The zero-order valence-corrected chi connectivity index (χ0v) is 10.6. The van der Waals surface area contributed by atoms with Crippen LogP contribution in [0, 0.1) is 0 Å². The van der Waals surface area contributed by atoms with Gasteiger partial charge in [0.25, 0.3) is 0 Å². The molecule has 0 fully saturated rings. The standard InChI is InChI=1S/C11H26N2O2/c1-11(2,3)13-6-8-15-10-9-14-7-5-12-4/h12-13H,5-10H2,1-4H3. The summed E-state index contributed by atoms with van der Waals surface area (Å²) in [7, 11) is 1.91. The van der Waals surface area contributed by atoms with Crippen molar-refractivity contribution in [3.8, 4) is 0 Å². The molecule has 0 heterocycles. The van der Waals surface area contributed by atoms with Crippen LogP contribution in [0.5, 0.6) is 0 Å². The molecule has 2 N–H and O–H groups in total. The van der Waals surface area contributed by atoms with Gasteiger partial charge in [-0.15, -0.1) is 0 Å². The summed E-state index contributed by atoms with van der Waals surface area (Å²) in [4.78, 5) is 0. The van der Waals surface area contributed by atoms with Gasteiger partial charge in [-0.1, -0.05) is 0 Å². The number of hydrogen-bond acceptors (Lipinski definition) is 4. The summed E-state index contributed by atoms with van der Waals surface area (Å²) < 4.78 is 10.7. The number of rotatable bonds is 9. The van der Waals surface area contributed by atoms with Crippen LogP contribution >= 0.6 is 0 Å². The van der Waals surface area contributed by atoms with Crippen LogP contribution in [0.1, 0.15) is 20.8 Å². The fraction of sp³-hybridized carbons (Fsp3) is 1.00. The molecule has 0 atom stereocenters. The maximum Gasteiger partial charge on any atom is 0.0701 e. The molecule has 4 nitrogen and oxygen atoms in total. The van der Waals surface area contributed by atoms with E-state index in [1.54, 1.807) is 0 Å². The van der Waals surface area contributed by atoms with Crippen LogP contribution in [-0.4, -0.2) is 52.1 Å². The van der Waals surface area contributed by atoms with E-state index in [2.05, 4.69) is 31.4 Å². The molecule has 0 rings (SSSR count). The molecule has 0 saturated carbocycles. The lowest BCUT2D eigenvalue weighted by atomic mass is 10.1. The molecule has 0 aliphatic heterocycles. The Balaban J connectivity index is 2.99. The molecule has 92 valence electrons. The lowest BCUT2D eigenvalue weighted by Crippen LogP contribution is -2.38. The van der Waals surface area contributed by atoms with Crippen molar-refractivity contribution >= 4 is 0 Å². The van der Waals surface area contributed by atoms with Gasteiger partial charge in [-0.25, -0.2) is 0 Å². The molecule has 0 aromatic carbocycles. The van der Waals surface area contributed by atoms with E-state index >= 15 is 0 Å². The van der Waals surface area contributed by atoms with Crippen LogP contribution in [0.2, 0.25) is 0 Å². The molecular weight excluding hydrogens is 192 g/mol. The number of hydrogen-bond donors (Lipinski definition) is 2. The summed E-state index contributed by atoms with van der Waals surface area (Å²) >= 11 is 0. The van der Waals surface area contributed by atoms with Crippen LogP contribution in [0.3, 0.4) is 0 Å². The van der Waals surface area contributed by atoms with E-state index in [9.17, 15) is 0 Å². The molecule has 0 aromatic rings. The van der Waals surface area contributed by atoms with Crippen molar-refractivity contribution in [1.82, 2.24) is 10.6 Å². The second-order valence-electron chi connectivity index (χ2n) is 4.51. The maximum atomic E-state index is 5.40. The molecular formula is C11H26N2O2. The van der Waals surface area contributed by atoms with Crippen LogP contribution < -0.4 is 10.6 Å². The fourth-order valence-electron chi connectivity index (χ4n) is 0.994. The van der Waals surface area contributed by atoms with Crippen LogP contribution in [0.25, 0.3) is 0 Å². The van der Waals surface area contributed by atoms with Crippen molar-refractivity contribution in [3.05, 3.63) is 0 Å². The first-order valence-corrected chi connectivity index (χ1v) is 5.61. The van der Waals surface area contributed by atoms with E-state index in [-0.39, 0.29) is 5.54 Å². The highest BCUT2D eigenvalue weighted by atomic mass is 16.5. The molecule has 4 heteroatoms. The van der Waals surface area contributed by atoms with Gasteiger partial charge in [-0.05, 0) is 27.8 Å². The third-order valence-corrected chi connectivity index (χ3v) is 1.77. The first-order valence-electron chi connectivity index (χ1n) is 5.61. The molecule has 0 aliphatic carbocycles. The lowest BCUT2D eigenvalue weighted by Gasteiger charge is -2.20. The molecule has 0 saturated heterocycles. The molecule has 0 aliphatic rings. The normalized spacial score (nSPS) is 12.0. The minimum absolute atomic E-state index is 0.173. The SMILES string of the molecule is CNCCOCCOCCNC(C)(C)C. The average molecular weight is 218 g/mol. The molecule has 15 heavy (non-hydrogen) atoms. The molecule has 0 unspecified atom stereocenters. The van der Waals surface area contributed by atoms with Gasteiger partial charge in [0.1, 0.15) is 0 Å². The fourth-order valence-corrected chi connectivity index (χ4v) is 0.994. The second kappa shape index (κ2) is 9.09. The third-order valence-electron chi connectivity index (χ3n) is 1.77. The van der Waals surface area contributed by atoms with Gasteiger partial charge in [0, 0.05) is 18.6 Å². The Morgan fingerprint density at radius 1 is 0.867 bits per heavy atom. The van der Waals surface area contributed by atoms with Crippen LogP contribution in [0.4, 0.5) is 0 Å². The first-order chi connectivity index (χ1) is 7.06. The highest BCUT2D eigenvalue weighted by Crippen LogP contribution is 1.96. The van der Waals surface area contributed by atoms with E-state index in [1.165, 1.54) is 0 Å².